The molecule has 1 saturated heterocycles. The second-order valence-corrected chi connectivity index (χ2v) is 6.81. The molecule has 2 aromatic heterocycles. The number of amides is 1. The molecule has 3 aromatic rings. The summed E-state index contributed by atoms with van der Waals surface area (Å²) in [6.45, 7) is 0.782. The maximum atomic E-state index is 13.8. The molecule has 1 atom stereocenters. The van der Waals surface area contributed by atoms with Crippen LogP contribution in [-0.4, -0.2) is 39.7 Å². The molecule has 1 amide bonds. The molecule has 1 aliphatic rings. The minimum Gasteiger partial charge on any atom is -0.443 e. The molecule has 1 fully saturated rings. The van der Waals surface area contributed by atoms with Gasteiger partial charge in [-0.05, 0) is 24.3 Å². The van der Waals surface area contributed by atoms with E-state index in [1.807, 2.05) is 0 Å². The molecule has 0 spiro atoms. The van der Waals surface area contributed by atoms with Gasteiger partial charge in [-0.15, -0.1) is 0 Å². The van der Waals surface area contributed by atoms with Crippen molar-refractivity contribution in [2.45, 2.75) is 19.4 Å². The molecule has 0 aliphatic carbocycles. The third kappa shape index (κ3) is 3.45. The van der Waals surface area contributed by atoms with Crippen LogP contribution >= 0.6 is 0 Å². The number of halogens is 2. The summed E-state index contributed by atoms with van der Waals surface area (Å²) in [7, 11) is 0. The predicted molar refractivity (Wildman–Crippen MR) is 97.5 cm³/mol. The first-order valence-electron chi connectivity index (χ1n) is 8.66. The van der Waals surface area contributed by atoms with Gasteiger partial charge >= 0.3 is 0 Å². The van der Waals surface area contributed by atoms with E-state index >= 15 is 0 Å². The second kappa shape index (κ2) is 6.70. The van der Waals surface area contributed by atoms with Crippen LogP contribution in [0, 0.1) is 5.92 Å². The summed E-state index contributed by atoms with van der Waals surface area (Å²) in [4.78, 5) is 29.8. The molecule has 1 unspecified atom stereocenters. The van der Waals surface area contributed by atoms with E-state index in [4.69, 9.17) is 4.42 Å². The lowest BCUT2D eigenvalue weighted by Crippen LogP contribution is -2.32. The average Bonchev–Trinajstić information content (AvgIpc) is 3.20. The monoisotopic (exact) mass is 389 g/mol. The van der Waals surface area contributed by atoms with Gasteiger partial charge < -0.3 is 14.6 Å². The van der Waals surface area contributed by atoms with Crippen LogP contribution in [0.25, 0.3) is 11.1 Å². The Morgan fingerprint density at radius 2 is 2.18 bits per heavy atom. The van der Waals surface area contributed by atoms with Crippen molar-refractivity contribution in [3.8, 4) is 0 Å². The maximum Gasteiger partial charge on any atom is 0.269 e. The van der Waals surface area contributed by atoms with Gasteiger partial charge in [0.2, 0.25) is 5.91 Å². The van der Waals surface area contributed by atoms with Gasteiger partial charge in [0.15, 0.2) is 12.0 Å². The van der Waals surface area contributed by atoms with Crippen LogP contribution in [-0.2, 0) is 11.3 Å². The molecule has 0 saturated carbocycles. The number of aromatic nitrogens is 3. The van der Waals surface area contributed by atoms with Crippen LogP contribution in [0.4, 0.5) is 20.3 Å². The highest BCUT2D eigenvalue weighted by Gasteiger charge is 2.45. The molecule has 146 valence electrons. The van der Waals surface area contributed by atoms with E-state index < -0.39 is 29.9 Å². The van der Waals surface area contributed by atoms with E-state index in [1.54, 1.807) is 18.2 Å². The largest absolute Gasteiger partial charge is 0.443 e. The normalized spacial score (nSPS) is 18.5. The van der Waals surface area contributed by atoms with Crippen LogP contribution in [0.5, 0.6) is 0 Å². The third-order valence-corrected chi connectivity index (χ3v) is 4.70. The Labute approximate surface area is 157 Å². The summed E-state index contributed by atoms with van der Waals surface area (Å²) in [5.74, 6) is -3.88. The Hall–Kier alpha value is -3.30. The van der Waals surface area contributed by atoms with Gasteiger partial charge in [-0.2, -0.15) is 5.10 Å². The van der Waals surface area contributed by atoms with Crippen molar-refractivity contribution < 1.29 is 18.0 Å². The fourth-order valence-electron chi connectivity index (χ4n) is 3.11. The van der Waals surface area contributed by atoms with E-state index in [0.717, 1.165) is 4.68 Å². The summed E-state index contributed by atoms with van der Waals surface area (Å²) in [6, 6.07) is 7.56. The second-order valence-electron chi connectivity index (χ2n) is 6.81. The first-order chi connectivity index (χ1) is 13.3. The highest BCUT2D eigenvalue weighted by atomic mass is 19.3. The van der Waals surface area contributed by atoms with Crippen molar-refractivity contribution in [2.24, 2.45) is 5.92 Å². The van der Waals surface area contributed by atoms with Crippen LogP contribution in [0.3, 0.4) is 0 Å². The lowest BCUT2D eigenvalue weighted by Gasteiger charge is -2.17. The number of fused-ring (bicyclic) bond motifs is 1. The number of carbonyl (C=O) groups excluding carboxylic acids is 1. The van der Waals surface area contributed by atoms with E-state index in [9.17, 15) is 18.4 Å². The topological polar surface area (TPSA) is 93.3 Å². The number of nitrogens with zero attached hydrogens (tertiary/aromatic N) is 4. The van der Waals surface area contributed by atoms with Gasteiger partial charge in [0, 0.05) is 24.2 Å². The molecule has 28 heavy (non-hydrogen) atoms. The third-order valence-electron chi connectivity index (χ3n) is 4.70. The first-order valence-corrected chi connectivity index (χ1v) is 8.66. The highest BCUT2D eigenvalue weighted by molar-refractivity contribution is 5.92. The molecule has 1 aromatic carbocycles. The van der Waals surface area contributed by atoms with E-state index in [2.05, 4.69) is 15.4 Å². The van der Waals surface area contributed by atoms with Gasteiger partial charge in [-0.1, -0.05) is 6.92 Å². The molecule has 8 nitrogen and oxygen atoms in total. The first kappa shape index (κ1) is 18.1. The van der Waals surface area contributed by atoms with Crippen molar-refractivity contribution in [3.05, 3.63) is 47.1 Å². The zero-order chi connectivity index (χ0) is 19.9. The number of anilines is 2. The number of hydrogen-bond acceptors (Lipinski definition) is 6. The lowest BCUT2D eigenvalue weighted by atomic mass is 10.1. The summed E-state index contributed by atoms with van der Waals surface area (Å²) in [5, 5.41) is 6.74. The average molecular weight is 389 g/mol. The molecule has 4 rings (SSSR count). The minimum atomic E-state index is -2.82. The van der Waals surface area contributed by atoms with Crippen molar-refractivity contribution in [3.63, 3.8) is 0 Å². The SMILES string of the molecule is CC1CN(c2ccc(=O)n(CC(=O)Nc3ccc4ocnc4c3)n2)CC1(F)F. The number of oxazole rings is 1. The van der Waals surface area contributed by atoms with Crippen molar-refractivity contribution in [1.82, 2.24) is 14.8 Å². The zero-order valence-electron chi connectivity index (χ0n) is 14.9. The lowest BCUT2D eigenvalue weighted by molar-refractivity contribution is -0.117. The van der Waals surface area contributed by atoms with E-state index in [-0.39, 0.29) is 18.9 Å². The van der Waals surface area contributed by atoms with Gasteiger partial charge in [0.05, 0.1) is 6.54 Å². The van der Waals surface area contributed by atoms with Crippen LogP contribution in [0.1, 0.15) is 6.92 Å². The summed E-state index contributed by atoms with van der Waals surface area (Å²) in [5.41, 5.74) is 1.16. The maximum absolute atomic E-state index is 13.8. The number of benzene rings is 1. The molecule has 3 heterocycles. The molecule has 0 radical (unpaired) electrons. The van der Waals surface area contributed by atoms with Gasteiger partial charge in [-0.25, -0.2) is 18.4 Å². The number of nitrogens with one attached hydrogen (secondary N) is 1. The number of rotatable bonds is 4. The summed E-state index contributed by atoms with van der Waals surface area (Å²) >= 11 is 0. The fraction of sp³-hybridized carbons (Fsp3) is 0.333. The highest BCUT2D eigenvalue weighted by Crippen LogP contribution is 2.34. The Bertz CT molecular complexity index is 1090. The number of hydrogen-bond donors (Lipinski definition) is 1. The Kier molecular flexibility index (Phi) is 4.33. The van der Waals surface area contributed by atoms with Gasteiger partial charge in [0.1, 0.15) is 17.9 Å². The Morgan fingerprint density at radius 3 is 2.93 bits per heavy atom. The van der Waals surface area contributed by atoms with Crippen LogP contribution < -0.4 is 15.8 Å². The predicted octanol–water partition coefficient (Wildman–Crippen LogP) is 2.11. The quantitative estimate of drug-likeness (QED) is 0.735. The number of alkyl halides is 2. The summed E-state index contributed by atoms with van der Waals surface area (Å²) in [6.07, 6.45) is 1.30. The van der Waals surface area contributed by atoms with Crippen LogP contribution in [0.2, 0.25) is 0 Å². The van der Waals surface area contributed by atoms with E-state index in [1.165, 1.54) is 30.4 Å². The standard InChI is InChI=1S/C18H17F2N5O3/c1-11-7-24(9-18(11,19)20)15-4-5-17(27)25(23-15)8-16(26)22-12-2-3-14-13(6-12)21-10-28-14/h2-6,10-11H,7-9H2,1H3,(H,22,26). The zero-order valence-corrected chi connectivity index (χ0v) is 14.9. The van der Waals surface area contributed by atoms with Crippen molar-refractivity contribution >= 4 is 28.5 Å². The molecular weight excluding hydrogens is 372 g/mol. The van der Waals surface area contributed by atoms with Gasteiger partial charge in [0.25, 0.3) is 11.5 Å². The molecular formula is C18H17F2N5O3. The van der Waals surface area contributed by atoms with Crippen molar-refractivity contribution in [1.29, 1.82) is 0 Å². The fourth-order valence-corrected chi connectivity index (χ4v) is 3.11. The number of carbonyl (C=O) groups is 1. The summed E-state index contributed by atoms with van der Waals surface area (Å²) < 4.78 is 33.7. The Morgan fingerprint density at radius 1 is 1.36 bits per heavy atom. The smallest absolute Gasteiger partial charge is 0.269 e. The van der Waals surface area contributed by atoms with E-state index in [0.29, 0.717) is 16.8 Å². The van der Waals surface area contributed by atoms with Gasteiger partial charge in [-0.3, -0.25) is 9.59 Å². The minimum absolute atomic E-state index is 0.127. The molecule has 0 bridgehead atoms. The Balaban J connectivity index is 1.49. The molecule has 10 heteroatoms. The molecule has 1 N–H and O–H groups in total. The molecule has 1 aliphatic heterocycles. The van der Waals surface area contributed by atoms with Crippen LogP contribution in [0.15, 0.2) is 45.9 Å². The van der Waals surface area contributed by atoms with Crippen molar-refractivity contribution in [2.75, 3.05) is 23.3 Å².